The van der Waals surface area contributed by atoms with Crippen molar-refractivity contribution in [3.05, 3.63) is 70.3 Å². The summed E-state index contributed by atoms with van der Waals surface area (Å²) in [5, 5.41) is 0.540. The lowest BCUT2D eigenvalue weighted by Gasteiger charge is -2.48. The zero-order chi connectivity index (χ0) is 23.3. The zero-order valence-corrected chi connectivity index (χ0v) is 20.6. The van der Waals surface area contributed by atoms with E-state index < -0.39 is 11.0 Å². The molecule has 1 aliphatic heterocycles. The summed E-state index contributed by atoms with van der Waals surface area (Å²) >= 11 is 6.26. The van der Waals surface area contributed by atoms with E-state index in [1.165, 1.54) is 6.92 Å². The molecule has 8 heteroatoms. The summed E-state index contributed by atoms with van der Waals surface area (Å²) in [6.07, 6.45) is 4.54. The topological polar surface area (TPSA) is 62.7 Å². The molecule has 2 heterocycles. The second-order valence-corrected chi connectivity index (χ2v) is 9.70. The Morgan fingerprint density at radius 3 is 2.69 bits per heavy atom. The minimum absolute atomic E-state index is 0.0735. The number of unbranched alkanes of at least 4 members (excludes halogenated alkanes) is 1. The number of pyridine rings is 1. The number of carbonyl (C=O) groups excluding carboxylic acids is 1. The molecular weight excluding hydrogens is 446 g/mol. The van der Waals surface area contributed by atoms with Gasteiger partial charge in [-0.25, -0.2) is 4.21 Å². The van der Waals surface area contributed by atoms with Gasteiger partial charge in [-0.2, -0.15) is 0 Å². The third kappa shape index (κ3) is 5.39. The summed E-state index contributed by atoms with van der Waals surface area (Å²) in [5.74, 6) is 0.500. The Morgan fingerprint density at radius 2 is 2.09 bits per heavy atom. The van der Waals surface area contributed by atoms with Crippen LogP contribution < -0.4 is 0 Å². The molecule has 0 spiro atoms. The van der Waals surface area contributed by atoms with Crippen LogP contribution in [0, 0.1) is 6.92 Å². The summed E-state index contributed by atoms with van der Waals surface area (Å²) < 4.78 is 21.1. The van der Waals surface area contributed by atoms with Crippen LogP contribution in [-0.2, 0) is 27.1 Å². The molecule has 1 aliphatic rings. The van der Waals surface area contributed by atoms with Gasteiger partial charge in [0, 0.05) is 30.8 Å². The van der Waals surface area contributed by atoms with Crippen LogP contribution in [0.5, 0.6) is 0 Å². The van der Waals surface area contributed by atoms with E-state index in [0.29, 0.717) is 28.9 Å². The number of ether oxygens (including phenoxy) is 1. The second-order valence-electron chi connectivity index (χ2n) is 7.91. The second kappa shape index (κ2) is 11.1. The van der Waals surface area contributed by atoms with Gasteiger partial charge in [0.05, 0.1) is 29.8 Å². The number of carbonyl (C=O) groups is 1. The minimum atomic E-state index is -1.52. The molecule has 3 rings (SSSR count). The Kier molecular flexibility index (Phi) is 8.45. The van der Waals surface area contributed by atoms with Crippen molar-refractivity contribution in [2.45, 2.75) is 57.5 Å². The summed E-state index contributed by atoms with van der Waals surface area (Å²) in [6, 6.07) is 11.0. The van der Waals surface area contributed by atoms with Gasteiger partial charge in [-0.05, 0) is 49.2 Å². The van der Waals surface area contributed by atoms with Crippen LogP contribution >= 0.6 is 11.6 Å². The van der Waals surface area contributed by atoms with Gasteiger partial charge in [0.2, 0.25) is 5.91 Å². The van der Waals surface area contributed by atoms with E-state index in [1.807, 2.05) is 41.6 Å². The lowest BCUT2D eigenvalue weighted by Crippen LogP contribution is -2.55. The van der Waals surface area contributed by atoms with E-state index in [9.17, 15) is 9.00 Å². The molecule has 2 unspecified atom stereocenters. The number of rotatable bonds is 10. The fourth-order valence-corrected chi connectivity index (χ4v) is 5.84. The maximum atomic E-state index is 13.8. The molecule has 1 amide bonds. The fraction of sp³-hybridized carbons (Fsp3) is 0.417. The number of hydrogen-bond acceptors (Lipinski definition) is 4. The predicted molar refractivity (Wildman–Crippen MR) is 127 cm³/mol. The number of nitrogens with zero attached hydrogens (tertiary/aromatic N) is 3. The highest BCUT2D eigenvalue weighted by Crippen LogP contribution is 2.40. The number of halogens is 1. The molecule has 2 aromatic rings. The maximum Gasteiger partial charge on any atom is 0.225 e. The van der Waals surface area contributed by atoms with Crippen molar-refractivity contribution < 1.29 is 13.7 Å². The van der Waals surface area contributed by atoms with Crippen molar-refractivity contribution in [3.8, 4) is 0 Å². The van der Waals surface area contributed by atoms with Crippen LogP contribution in [0.1, 0.15) is 44.4 Å². The average Bonchev–Trinajstić information content (AvgIpc) is 2.75. The number of aromatic nitrogens is 1. The van der Waals surface area contributed by atoms with Gasteiger partial charge in [0.1, 0.15) is 5.82 Å². The quantitative estimate of drug-likeness (QED) is 0.493. The highest BCUT2D eigenvalue weighted by atomic mass is 35.5. The van der Waals surface area contributed by atoms with Crippen molar-refractivity contribution in [2.24, 2.45) is 0 Å². The molecule has 1 aromatic heterocycles. The Morgan fingerprint density at radius 1 is 1.31 bits per heavy atom. The number of aryl methyl sites for hydroxylation is 1. The van der Waals surface area contributed by atoms with Gasteiger partial charge < -0.3 is 4.74 Å². The average molecular weight is 476 g/mol. The van der Waals surface area contributed by atoms with Crippen LogP contribution in [-0.4, -0.2) is 44.1 Å². The molecular formula is C24H30ClN3O3S. The molecule has 0 fully saturated rings. The molecule has 0 bridgehead atoms. The molecule has 0 N–H and O–H groups in total. The number of hydrogen-bond donors (Lipinski definition) is 0. The monoisotopic (exact) mass is 475 g/mol. The molecule has 2 atom stereocenters. The van der Waals surface area contributed by atoms with Gasteiger partial charge in [-0.3, -0.25) is 19.0 Å². The standard InChI is InChI=1S/C24H30ClN3O3S/c1-5-6-10-23-22(16-31-4)24(27(18(3)29)15-20-9-7-8-11-26-20)28(23)32(30)21-13-17(2)12-19(25)14-21/h7-9,11-14,23H,5-6,10,15-16H2,1-4H3. The Bertz CT molecular complexity index is 993. The molecule has 0 saturated heterocycles. The van der Waals surface area contributed by atoms with Crippen LogP contribution in [0.25, 0.3) is 0 Å². The van der Waals surface area contributed by atoms with Crippen LogP contribution in [0.2, 0.25) is 5.02 Å². The third-order valence-corrected chi connectivity index (χ3v) is 7.03. The van der Waals surface area contributed by atoms with Crippen molar-refractivity contribution in [2.75, 3.05) is 13.7 Å². The first kappa shape index (κ1) is 24.4. The van der Waals surface area contributed by atoms with E-state index in [-0.39, 0.29) is 11.9 Å². The molecule has 6 nitrogen and oxygen atoms in total. The lowest BCUT2D eigenvalue weighted by atomic mass is 9.94. The molecule has 1 aromatic carbocycles. The van der Waals surface area contributed by atoms with Gasteiger partial charge in [0.15, 0.2) is 11.0 Å². The molecule has 32 heavy (non-hydrogen) atoms. The van der Waals surface area contributed by atoms with Crippen LogP contribution in [0.4, 0.5) is 0 Å². The SMILES string of the molecule is CCCCC1C(COC)=C(N(Cc2ccccn2)C(C)=O)N1S(=O)c1cc(C)cc(Cl)c1. The number of benzene rings is 1. The fourth-order valence-electron chi connectivity index (χ4n) is 3.91. The van der Waals surface area contributed by atoms with E-state index in [0.717, 1.165) is 36.1 Å². The van der Waals surface area contributed by atoms with Gasteiger partial charge >= 0.3 is 0 Å². The number of methoxy groups -OCH3 is 1. The maximum absolute atomic E-state index is 13.8. The van der Waals surface area contributed by atoms with E-state index in [2.05, 4.69) is 11.9 Å². The molecule has 0 radical (unpaired) electrons. The largest absolute Gasteiger partial charge is 0.380 e. The van der Waals surface area contributed by atoms with Gasteiger partial charge in [-0.15, -0.1) is 0 Å². The summed E-state index contributed by atoms with van der Waals surface area (Å²) in [5.41, 5.74) is 2.68. The van der Waals surface area contributed by atoms with Gasteiger partial charge in [0.25, 0.3) is 0 Å². The van der Waals surface area contributed by atoms with E-state index >= 15 is 0 Å². The first-order valence-corrected chi connectivity index (χ1v) is 12.2. The van der Waals surface area contributed by atoms with Crippen LogP contribution in [0.15, 0.2) is 58.9 Å². The van der Waals surface area contributed by atoms with Gasteiger partial charge in [-0.1, -0.05) is 37.4 Å². The minimum Gasteiger partial charge on any atom is -0.380 e. The third-order valence-electron chi connectivity index (χ3n) is 5.39. The van der Waals surface area contributed by atoms with E-state index in [4.69, 9.17) is 16.3 Å². The Labute approximate surface area is 197 Å². The zero-order valence-electron chi connectivity index (χ0n) is 19.0. The highest BCUT2D eigenvalue weighted by Gasteiger charge is 2.44. The van der Waals surface area contributed by atoms with Crippen molar-refractivity contribution in [1.82, 2.24) is 14.2 Å². The summed E-state index contributed by atoms with van der Waals surface area (Å²) in [6.45, 7) is 6.24. The Hall–Kier alpha value is -2.22. The number of amides is 1. The van der Waals surface area contributed by atoms with Crippen molar-refractivity contribution in [1.29, 1.82) is 0 Å². The Balaban J connectivity index is 2.06. The smallest absolute Gasteiger partial charge is 0.225 e. The highest BCUT2D eigenvalue weighted by molar-refractivity contribution is 7.83. The first-order valence-electron chi connectivity index (χ1n) is 10.8. The molecule has 172 valence electrons. The lowest BCUT2D eigenvalue weighted by molar-refractivity contribution is -0.129. The van der Waals surface area contributed by atoms with E-state index in [1.54, 1.807) is 24.3 Å². The normalized spacial score (nSPS) is 16.7. The van der Waals surface area contributed by atoms with Crippen molar-refractivity contribution in [3.63, 3.8) is 0 Å². The van der Waals surface area contributed by atoms with Crippen LogP contribution in [0.3, 0.4) is 0 Å². The predicted octanol–water partition coefficient (Wildman–Crippen LogP) is 4.85. The molecule has 0 saturated carbocycles. The van der Waals surface area contributed by atoms with Crippen molar-refractivity contribution >= 4 is 28.5 Å². The summed E-state index contributed by atoms with van der Waals surface area (Å²) in [4.78, 5) is 19.4. The first-order chi connectivity index (χ1) is 15.4. The summed E-state index contributed by atoms with van der Waals surface area (Å²) in [7, 11) is 0.113. The molecule has 0 aliphatic carbocycles.